The Morgan fingerprint density at radius 3 is 1.23 bits per heavy atom. The molecule has 0 bridgehead atoms. The van der Waals surface area contributed by atoms with E-state index in [9.17, 15) is 38.4 Å². The van der Waals surface area contributed by atoms with Crippen molar-refractivity contribution in [1.82, 2.24) is 0 Å². The maximum absolute atomic E-state index is 12.5. The average molecular weight is 713 g/mol. The highest BCUT2D eigenvalue weighted by molar-refractivity contribution is 6.26. The molecule has 0 N–H and O–H groups in total. The number of hydrogen-bond acceptors (Lipinski definition) is 19. The zero-order chi connectivity index (χ0) is 36.3. The Kier molecular flexibility index (Phi) is 15.4. The lowest BCUT2D eigenvalue weighted by molar-refractivity contribution is -0.358. The molecule has 2 aliphatic heterocycles. The van der Waals surface area contributed by atoms with Gasteiger partial charge in [-0.3, -0.25) is 38.4 Å². The average Bonchev–Trinajstić information content (AvgIpc) is 2.95. The van der Waals surface area contributed by atoms with Gasteiger partial charge in [0.15, 0.2) is 36.8 Å². The molecule has 20 heteroatoms. The molecule has 2 aliphatic rings. The second kappa shape index (κ2) is 18.5. The van der Waals surface area contributed by atoms with Crippen LogP contribution in [0.4, 0.5) is 0 Å². The highest BCUT2D eigenvalue weighted by Crippen LogP contribution is 2.35. The van der Waals surface area contributed by atoms with E-state index in [0.717, 1.165) is 48.5 Å². The van der Waals surface area contributed by atoms with Crippen LogP contribution in [0, 0.1) is 0 Å². The lowest BCUT2D eigenvalue weighted by atomic mass is 9.96. The molecule has 2 fully saturated rings. The van der Waals surface area contributed by atoms with Gasteiger partial charge in [-0.2, -0.15) is 0 Å². The Labute approximate surface area is 278 Å². The van der Waals surface area contributed by atoms with Gasteiger partial charge < -0.3 is 52.1 Å². The minimum atomic E-state index is -1.90. The van der Waals surface area contributed by atoms with E-state index in [-0.39, 0.29) is 0 Å². The smallest absolute Gasteiger partial charge is 0.321 e. The summed E-state index contributed by atoms with van der Waals surface area (Å²) < 4.78 is 60.2. The van der Waals surface area contributed by atoms with Crippen LogP contribution in [-0.4, -0.2) is 128 Å². The molecular weight excluding hydrogens is 676 g/mol. The van der Waals surface area contributed by atoms with Gasteiger partial charge in [-0.25, -0.2) is 0 Å². The molecule has 0 amide bonds. The van der Waals surface area contributed by atoms with E-state index in [2.05, 4.69) is 0 Å². The molecule has 0 aliphatic carbocycles. The number of hydrogen-bond donors (Lipinski definition) is 0. The topological polar surface area (TPSA) is 238 Å². The molecule has 2 rings (SSSR count). The van der Waals surface area contributed by atoms with Gasteiger partial charge in [0.05, 0.1) is 0 Å². The zero-order valence-electron chi connectivity index (χ0n) is 27.0. The first-order valence-corrected chi connectivity index (χ1v) is 14.8. The Morgan fingerprint density at radius 2 is 0.833 bits per heavy atom. The first-order valence-electron chi connectivity index (χ1n) is 14.3. The SMILES string of the molecule is CC(=O)OC[C@H]1O[C@@H](O[C@H]2[C@H](OC(C)=O)[C@@H](COC(C)=O)OC(OC(C)=O)[C@@H]2OC(C)=O)[C@H](OC(C)=O)[C@@H](OC(=O)CCl)[C@@H]1OC(C)=O. The Hall–Kier alpha value is -4.07. The van der Waals surface area contributed by atoms with Crippen LogP contribution < -0.4 is 0 Å². The summed E-state index contributed by atoms with van der Waals surface area (Å²) in [6.45, 7) is 5.92. The van der Waals surface area contributed by atoms with Crippen molar-refractivity contribution in [3.05, 3.63) is 0 Å². The molecule has 1 unspecified atom stereocenters. The fraction of sp³-hybridized carbons (Fsp3) is 0.714. The van der Waals surface area contributed by atoms with Gasteiger partial charge in [-0.1, -0.05) is 0 Å². The van der Waals surface area contributed by atoms with Crippen LogP contribution in [0.3, 0.4) is 0 Å². The summed E-state index contributed by atoms with van der Waals surface area (Å²) >= 11 is 5.66. The molecule has 0 aromatic heterocycles. The van der Waals surface area contributed by atoms with Crippen molar-refractivity contribution in [2.75, 3.05) is 19.1 Å². The first-order chi connectivity index (χ1) is 22.4. The van der Waals surface area contributed by atoms with Crippen LogP contribution in [-0.2, 0) is 90.5 Å². The highest BCUT2D eigenvalue weighted by atomic mass is 35.5. The van der Waals surface area contributed by atoms with Gasteiger partial charge in [0, 0.05) is 48.5 Å². The summed E-state index contributed by atoms with van der Waals surface area (Å²) in [4.78, 5) is 96.8. The van der Waals surface area contributed by atoms with Gasteiger partial charge in [-0.15, -0.1) is 11.6 Å². The quantitative estimate of drug-likeness (QED) is 0.131. The first kappa shape index (κ1) is 40.1. The summed E-state index contributed by atoms with van der Waals surface area (Å²) in [6, 6.07) is 0. The number of carbonyl (C=O) groups is 8. The van der Waals surface area contributed by atoms with Gasteiger partial charge in [0.1, 0.15) is 37.4 Å². The van der Waals surface area contributed by atoms with Crippen molar-refractivity contribution < 1.29 is 90.5 Å². The maximum atomic E-state index is 12.5. The number of carbonyl (C=O) groups excluding carboxylic acids is 8. The van der Waals surface area contributed by atoms with Crippen molar-refractivity contribution in [1.29, 1.82) is 0 Å². The third kappa shape index (κ3) is 12.2. The Bertz CT molecular complexity index is 1220. The van der Waals surface area contributed by atoms with Crippen LogP contribution in [0.15, 0.2) is 0 Å². The molecule has 0 radical (unpaired) electrons. The second-order valence-electron chi connectivity index (χ2n) is 10.3. The summed E-state index contributed by atoms with van der Waals surface area (Å²) in [5, 5.41) is 0. The molecule has 0 spiro atoms. The van der Waals surface area contributed by atoms with Crippen LogP contribution in [0.5, 0.6) is 0 Å². The van der Waals surface area contributed by atoms with Gasteiger partial charge >= 0.3 is 47.8 Å². The third-order valence-electron chi connectivity index (χ3n) is 6.24. The number of esters is 8. The molecule has 0 saturated carbocycles. The fourth-order valence-electron chi connectivity index (χ4n) is 4.72. The largest absolute Gasteiger partial charge is 0.463 e. The van der Waals surface area contributed by atoms with Crippen molar-refractivity contribution in [3.8, 4) is 0 Å². The molecule has 19 nitrogen and oxygen atoms in total. The van der Waals surface area contributed by atoms with E-state index >= 15 is 0 Å². The van der Waals surface area contributed by atoms with Gasteiger partial charge in [0.25, 0.3) is 0 Å². The normalized spacial score (nSPS) is 29.7. The van der Waals surface area contributed by atoms with Crippen LogP contribution in [0.1, 0.15) is 48.5 Å². The lowest BCUT2D eigenvalue weighted by Gasteiger charge is -2.48. The maximum Gasteiger partial charge on any atom is 0.321 e. The zero-order valence-corrected chi connectivity index (χ0v) is 27.8. The standard InChI is InChI=1S/C28H37ClO19/c1-11(30)38-9-18-21(40-13(3)32)23(47-20(37)8-29)25(42-15(5)34)28(46-18)48-24-22(41-14(4)33)19(10-39-12(2)31)45-27(44-17(7)36)26(24)43-16(6)35/h18-19,21-28H,8-10H2,1-7H3/t18-,19-,21-,22-,23+,24+,25-,26-,27?,28+/m1/s1. The molecular formula is C28H37ClO19. The summed E-state index contributed by atoms with van der Waals surface area (Å²) in [5.74, 6) is -8.02. The molecule has 2 heterocycles. The highest BCUT2D eigenvalue weighted by Gasteiger charge is 2.58. The number of rotatable bonds is 13. The van der Waals surface area contributed by atoms with E-state index in [4.69, 9.17) is 63.7 Å². The third-order valence-corrected chi connectivity index (χ3v) is 6.46. The van der Waals surface area contributed by atoms with E-state index < -0.39 is 128 Å². The van der Waals surface area contributed by atoms with Crippen LogP contribution in [0.2, 0.25) is 0 Å². The minimum Gasteiger partial charge on any atom is -0.463 e. The van der Waals surface area contributed by atoms with Crippen LogP contribution in [0.25, 0.3) is 0 Å². The monoisotopic (exact) mass is 712 g/mol. The van der Waals surface area contributed by atoms with E-state index in [1.165, 1.54) is 0 Å². The predicted octanol–water partition coefficient (Wildman–Crippen LogP) is -0.612. The molecule has 270 valence electrons. The lowest BCUT2D eigenvalue weighted by Crippen LogP contribution is -2.67. The number of halogens is 1. The molecule has 10 atom stereocenters. The van der Waals surface area contributed by atoms with E-state index in [0.29, 0.717) is 0 Å². The molecule has 0 aromatic carbocycles. The van der Waals surface area contributed by atoms with Crippen LogP contribution >= 0.6 is 11.6 Å². The molecule has 0 aromatic rings. The number of alkyl halides is 1. The number of ether oxygens (including phenoxy) is 11. The van der Waals surface area contributed by atoms with Crippen molar-refractivity contribution in [3.63, 3.8) is 0 Å². The Morgan fingerprint density at radius 1 is 0.458 bits per heavy atom. The van der Waals surface area contributed by atoms with E-state index in [1.54, 1.807) is 0 Å². The summed E-state index contributed by atoms with van der Waals surface area (Å²) in [5.41, 5.74) is 0. The summed E-state index contributed by atoms with van der Waals surface area (Å²) in [7, 11) is 0. The van der Waals surface area contributed by atoms with Gasteiger partial charge in [-0.05, 0) is 0 Å². The summed E-state index contributed by atoms with van der Waals surface area (Å²) in [6.07, 6.45) is -16.8. The van der Waals surface area contributed by atoms with Gasteiger partial charge in [0.2, 0.25) is 6.29 Å². The Balaban J connectivity index is 2.77. The second-order valence-corrected chi connectivity index (χ2v) is 10.6. The van der Waals surface area contributed by atoms with E-state index in [1.807, 2.05) is 0 Å². The minimum absolute atomic E-state index is 0.601. The molecule has 2 saturated heterocycles. The van der Waals surface area contributed by atoms with Crippen molar-refractivity contribution in [2.24, 2.45) is 0 Å². The van der Waals surface area contributed by atoms with Crippen molar-refractivity contribution >= 4 is 59.4 Å². The van der Waals surface area contributed by atoms with Crippen molar-refractivity contribution in [2.45, 2.75) is 110 Å². The predicted molar refractivity (Wildman–Crippen MR) is 150 cm³/mol. The fourth-order valence-corrected chi connectivity index (χ4v) is 4.78. The molecule has 48 heavy (non-hydrogen) atoms.